The first kappa shape index (κ1) is 9.10. The SMILES string of the molecule is N=Nc1n[nH]c2[nH]c3ccccc3[nH]c=2s1. The van der Waals surface area contributed by atoms with Crippen LogP contribution in [0.4, 0.5) is 5.13 Å². The molecule has 0 aromatic heterocycles. The number of aromatic amines is 3. The molecule has 0 saturated carbocycles. The number of fused-ring (bicyclic) bond motifs is 1. The summed E-state index contributed by atoms with van der Waals surface area (Å²) in [5, 5.41) is 10.4. The Labute approximate surface area is 93.2 Å². The van der Waals surface area contributed by atoms with Gasteiger partial charge in [0.2, 0.25) is 5.13 Å². The number of hydrogen-bond acceptors (Lipinski definition) is 4. The Morgan fingerprint density at radius 2 is 1.94 bits per heavy atom. The van der Waals surface area contributed by atoms with E-state index in [9.17, 15) is 0 Å². The maximum absolute atomic E-state index is 6.91. The van der Waals surface area contributed by atoms with Crippen LogP contribution < -0.4 is 0 Å². The number of hydrogen-bond donors (Lipinski definition) is 4. The zero-order chi connectivity index (χ0) is 11.0. The van der Waals surface area contributed by atoms with Gasteiger partial charge < -0.3 is 9.97 Å². The third kappa shape index (κ3) is 1.38. The number of para-hydroxylation sites is 2. The van der Waals surface area contributed by atoms with E-state index in [0.717, 1.165) is 21.2 Å². The predicted molar refractivity (Wildman–Crippen MR) is 60.4 cm³/mol. The van der Waals surface area contributed by atoms with Gasteiger partial charge in [0.25, 0.3) is 0 Å². The third-order valence-corrected chi connectivity index (χ3v) is 3.09. The van der Waals surface area contributed by atoms with Crippen molar-refractivity contribution in [2.45, 2.75) is 0 Å². The second kappa shape index (κ2) is 3.46. The second-order valence-electron chi connectivity index (χ2n) is 3.22. The lowest BCUT2D eigenvalue weighted by Crippen LogP contribution is -1.92. The van der Waals surface area contributed by atoms with Gasteiger partial charge in [-0.3, -0.25) is 5.10 Å². The number of H-pyrrole nitrogens is 3. The minimum atomic E-state index is 0.382. The highest BCUT2D eigenvalue weighted by Crippen LogP contribution is 2.15. The Bertz CT molecular complexity index is 743. The third-order valence-electron chi connectivity index (χ3n) is 2.21. The van der Waals surface area contributed by atoms with E-state index in [4.69, 9.17) is 5.53 Å². The van der Waals surface area contributed by atoms with Gasteiger partial charge in [0, 0.05) is 0 Å². The van der Waals surface area contributed by atoms with Crippen molar-refractivity contribution < 1.29 is 0 Å². The van der Waals surface area contributed by atoms with Crippen molar-refractivity contribution in [3.05, 3.63) is 34.4 Å². The molecule has 0 radical (unpaired) electrons. The molecule has 2 aliphatic rings. The monoisotopic (exact) mass is 232 g/mol. The fourth-order valence-electron chi connectivity index (χ4n) is 1.50. The maximum Gasteiger partial charge on any atom is 0.248 e. The first-order valence-corrected chi connectivity index (χ1v) is 5.45. The molecule has 0 unspecified atom stereocenters. The number of rotatable bonds is 1. The Kier molecular flexibility index (Phi) is 1.97. The number of benzene rings is 1. The number of nitrogens with zero attached hydrogens (tertiary/aromatic N) is 2. The molecule has 0 aliphatic carbocycles. The average molecular weight is 232 g/mol. The van der Waals surface area contributed by atoms with E-state index >= 15 is 0 Å². The summed E-state index contributed by atoms with van der Waals surface area (Å²) < 4.78 is 0.875. The van der Waals surface area contributed by atoms with E-state index in [-0.39, 0.29) is 0 Å². The molecular weight excluding hydrogens is 224 g/mol. The van der Waals surface area contributed by atoms with Gasteiger partial charge in [0.15, 0.2) is 5.48 Å². The summed E-state index contributed by atoms with van der Waals surface area (Å²) >= 11 is 1.32. The van der Waals surface area contributed by atoms with Crippen LogP contribution in [0.2, 0.25) is 0 Å². The Morgan fingerprint density at radius 1 is 1.19 bits per heavy atom. The van der Waals surface area contributed by atoms with Crippen LogP contribution in [0.5, 0.6) is 0 Å². The van der Waals surface area contributed by atoms with Crippen LogP contribution in [-0.4, -0.2) is 20.2 Å². The largest absolute Gasteiger partial charge is 0.342 e. The molecule has 0 amide bonds. The first-order chi connectivity index (χ1) is 7.86. The molecule has 1 aromatic carbocycles. The molecule has 0 spiro atoms. The van der Waals surface area contributed by atoms with E-state index in [1.807, 2.05) is 24.3 Å². The minimum Gasteiger partial charge on any atom is -0.342 e. The molecule has 16 heavy (non-hydrogen) atoms. The van der Waals surface area contributed by atoms with Crippen LogP contribution >= 0.6 is 11.3 Å². The van der Waals surface area contributed by atoms with Crippen LogP contribution in [0, 0.1) is 15.7 Å². The van der Waals surface area contributed by atoms with E-state index in [0.29, 0.717) is 5.13 Å². The predicted octanol–water partition coefficient (Wildman–Crippen LogP) is 2.79. The van der Waals surface area contributed by atoms with Gasteiger partial charge in [-0.1, -0.05) is 23.5 Å². The number of nitrogens with one attached hydrogen (secondary N) is 4. The van der Waals surface area contributed by atoms with E-state index in [2.05, 4.69) is 25.3 Å². The molecule has 0 bridgehead atoms. The minimum absolute atomic E-state index is 0.382. The van der Waals surface area contributed by atoms with Crippen molar-refractivity contribution >= 4 is 27.5 Å². The fraction of sp³-hybridized carbons (Fsp3) is 0. The number of aromatic nitrogens is 4. The van der Waals surface area contributed by atoms with Crippen molar-refractivity contribution in [2.24, 2.45) is 5.11 Å². The van der Waals surface area contributed by atoms with Gasteiger partial charge in [-0.2, -0.15) is 0 Å². The zero-order valence-electron chi connectivity index (χ0n) is 8.11. The van der Waals surface area contributed by atoms with Gasteiger partial charge in [-0.05, 0) is 12.1 Å². The summed E-state index contributed by atoms with van der Waals surface area (Å²) in [6.07, 6.45) is 0. The van der Waals surface area contributed by atoms with Crippen LogP contribution in [0.1, 0.15) is 0 Å². The maximum atomic E-state index is 6.91. The molecule has 7 heteroatoms. The lowest BCUT2D eigenvalue weighted by molar-refractivity contribution is 0.934. The van der Waals surface area contributed by atoms with Crippen LogP contribution in [0.25, 0.3) is 11.0 Å². The Morgan fingerprint density at radius 3 is 2.69 bits per heavy atom. The van der Waals surface area contributed by atoms with Gasteiger partial charge in [-0.15, -0.1) is 10.2 Å². The quantitative estimate of drug-likeness (QED) is 0.477. The molecule has 1 aromatic rings. The first-order valence-electron chi connectivity index (χ1n) is 4.63. The highest BCUT2D eigenvalue weighted by atomic mass is 32.1. The summed E-state index contributed by atoms with van der Waals surface area (Å²) in [6.45, 7) is 0. The molecule has 2 heterocycles. The molecule has 3 rings (SSSR count). The Hall–Kier alpha value is -2.15. The van der Waals surface area contributed by atoms with E-state index in [1.54, 1.807) is 0 Å². The molecule has 0 saturated heterocycles. The molecular formula is C9H8N6S. The zero-order valence-corrected chi connectivity index (χ0v) is 8.93. The molecule has 0 fully saturated rings. The van der Waals surface area contributed by atoms with Crippen LogP contribution in [0.15, 0.2) is 29.4 Å². The van der Waals surface area contributed by atoms with Crippen molar-refractivity contribution in [2.75, 3.05) is 0 Å². The van der Waals surface area contributed by atoms with Gasteiger partial charge >= 0.3 is 0 Å². The van der Waals surface area contributed by atoms with Gasteiger partial charge in [0.05, 0.1) is 11.0 Å². The highest BCUT2D eigenvalue weighted by Gasteiger charge is 1.97. The lowest BCUT2D eigenvalue weighted by Gasteiger charge is -2.00. The topological polar surface area (TPSA) is 96.5 Å². The second-order valence-corrected chi connectivity index (χ2v) is 4.20. The van der Waals surface area contributed by atoms with Crippen molar-refractivity contribution in [3.63, 3.8) is 0 Å². The average Bonchev–Trinajstić information content (AvgIpc) is 2.35. The molecule has 4 N–H and O–H groups in total. The summed E-state index contributed by atoms with van der Waals surface area (Å²) in [5.41, 5.74) is 9.70. The van der Waals surface area contributed by atoms with Gasteiger partial charge in [0.1, 0.15) is 4.66 Å². The van der Waals surface area contributed by atoms with Crippen molar-refractivity contribution in [3.8, 4) is 0 Å². The smallest absolute Gasteiger partial charge is 0.248 e. The molecule has 0 atom stereocenters. The Balaban J connectivity index is 2.48. The summed E-state index contributed by atoms with van der Waals surface area (Å²) in [5.74, 6) is 0. The van der Waals surface area contributed by atoms with E-state index < -0.39 is 0 Å². The van der Waals surface area contributed by atoms with Crippen molar-refractivity contribution in [1.29, 1.82) is 5.53 Å². The van der Waals surface area contributed by atoms with Crippen LogP contribution in [-0.2, 0) is 0 Å². The normalized spacial score (nSPS) is 10.8. The molecule has 6 nitrogen and oxygen atoms in total. The summed E-state index contributed by atoms with van der Waals surface area (Å²) in [6, 6.07) is 7.88. The standard InChI is InChI=1S/C9H8N6S/c10-13-9-15-14-7-8(16-9)12-6-4-2-1-3-5(6)11-7/h1-4,10-12,14H. The molecule has 80 valence electrons. The lowest BCUT2D eigenvalue weighted by atomic mass is 10.3. The van der Waals surface area contributed by atoms with Gasteiger partial charge in [-0.25, -0.2) is 5.53 Å². The highest BCUT2D eigenvalue weighted by molar-refractivity contribution is 7.12. The summed E-state index contributed by atoms with van der Waals surface area (Å²) in [4.78, 5) is 6.48. The summed E-state index contributed by atoms with van der Waals surface area (Å²) in [7, 11) is 0. The molecule has 2 aliphatic heterocycles. The van der Waals surface area contributed by atoms with Crippen LogP contribution in [0.3, 0.4) is 0 Å². The van der Waals surface area contributed by atoms with Crippen molar-refractivity contribution in [1.82, 2.24) is 20.2 Å². The fourth-order valence-corrected chi connectivity index (χ4v) is 2.18. The van der Waals surface area contributed by atoms with E-state index in [1.165, 1.54) is 11.3 Å².